The molecule has 4 aromatic carbocycles. The first-order valence-electron chi connectivity index (χ1n) is 35.7. The number of terminal acetylenes is 1. The number of carboxylic acids is 2. The lowest BCUT2D eigenvalue weighted by Gasteiger charge is -2.38. The van der Waals surface area contributed by atoms with Gasteiger partial charge in [0.2, 0.25) is 12.6 Å². The molecule has 6 amide bonds. The molecule has 12 N–H and O–H groups in total. The number of unbranched alkanes of at least 4 members (excludes halogenated alkanes) is 2. The number of aliphatic hydroxyl groups is 8. The number of nitrogens with zero attached hydrogens (tertiary/aromatic N) is 4. The Kier molecular flexibility index (Phi) is 26.7. The summed E-state index contributed by atoms with van der Waals surface area (Å²) in [7, 11) is 4.09. The Bertz CT molecular complexity index is 4310. The molecule has 0 saturated carbocycles. The Morgan fingerprint density at radius 2 is 1.00 bits per heavy atom. The van der Waals surface area contributed by atoms with E-state index in [1.807, 2.05) is 0 Å². The molecule has 10 rings (SSSR count). The second kappa shape index (κ2) is 35.5. The number of hydrogen-bond acceptors (Lipinski definition) is 28. The summed E-state index contributed by atoms with van der Waals surface area (Å²) in [6.45, 7) is 9.26. The lowest BCUT2D eigenvalue weighted by molar-refractivity contribution is -0.271. The molecular weight excluding hydrogens is 1480 g/mol. The smallest absolute Gasteiger partial charge is 0.416 e. The van der Waals surface area contributed by atoms with Crippen LogP contribution < -0.4 is 48.9 Å². The minimum absolute atomic E-state index is 0.00309. The van der Waals surface area contributed by atoms with Gasteiger partial charge in [0, 0.05) is 44.6 Å². The van der Waals surface area contributed by atoms with Crippen molar-refractivity contribution >= 4 is 59.1 Å². The number of rotatable bonds is 30. The van der Waals surface area contributed by atoms with E-state index in [2.05, 4.69) is 16.6 Å². The molecule has 6 aliphatic heterocycles. The van der Waals surface area contributed by atoms with Gasteiger partial charge in [-0.2, -0.15) is 0 Å². The van der Waals surface area contributed by atoms with Crippen molar-refractivity contribution in [3.8, 4) is 46.8 Å². The van der Waals surface area contributed by atoms with Crippen LogP contribution in [0.1, 0.15) is 133 Å². The number of fused-ring (bicyclic) bond motifs is 4. The highest BCUT2D eigenvalue weighted by atomic mass is 16.7. The average Bonchev–Trinajstić information content (AvgIpc) is 1.58. The molecule has 4 aromatic rings. The molecule has 36 nitrogen and oxygen atoms in total. The van der Waals surface area contributed by atoms with Crippen LogP contribution in [0.3, 0.4) is 0 Å². The summed E-state index contributed by atoms with van der Waals surface area (Å²) in [5, 5.41) is 112. The van der Waals surface area contributed by atoms with Gasteiger partial charge >= 0.3 is 24.1 Å². The Labute approximate surface area is 642 Å². The molecule has 0 aromatic heterocycles. The van der Waals surface area contributed by atoms with Crippen LogP contribution in [0.2, 0.25) is 0 Å². The van der Waals surface area contributed by atoms with E-state index in [1.165, 1.54) is 91.8 Å². The van der Waals surface area contributed by atoms with Gasteiger partial charge in [0.25, 0.3) is 23.6 Å². The third kappa shape index (κ3) is 18.5. The van der Waals surface area contributed by atoms with Gasteiger partial charge in [-0.1, -0.05) is 23.3 Å². The summed E-state index contributed by atoms with van der Waals surface area (Å²) in [6.07, 6.45) is -15.4. The van der Waals surface area contributed by atoms with E-state index in [-0.39, 0.29) is 131 Å². The van der Waals surface area contributed by atoms with Crippen molar-refractivity contribution in [2.45, 2.75) is 190 Å². The maximum atomic E-state index is 14.7. The number of methoxy groups -OCH3 is 3. The Hall–Kier alpha value is -10.4. The Morgan fingerprint density at radius 3 is 1.41 bits per heavy atom. The van der Waals surface area contributed by atoms with Gasteiger partial charge in [0.1, 0.15) is 61.3 Å². The number of anilines is 2. The quantitative estimate of drug-likeness (QED) is 0.0264. The topological polar surface area (TPSA) is 487 Å². The number of amides is 6. The zero-order valence-electron chi connectivity index (χ0n) is 62.7. The summed E-state index contributed by atoms with van der Waals surface area (Å²) in [6, 6.07) is 11.2. The van der Waals surface area contributed by atoms with Crippen LogP contribution in [0.5, 0.6) is 34.5 Å². The summed E-state index contributed by atoms with van der Waals surface area (Å²) in [5.41, 5.74) is -1.06. The minimum atomic E-state index is -2.06. The number of carbonyl (C=O) groups excluding carboxylic acids is 6. The lowest BCUT2D eigenvalue weighted by atomic mass is 9.99. The normalized spacial score (nSPS) is 24.8. The highest BCUT2D eigenvalue weighted by Gasteiger charge is 2.52. The highest BCUT2D eigenvalue weighted by Crippen LogP contribution is 2.45. The molecule has 0 aliphatic carbocycles. The van der Waals surface area contributed by atoms with Gasteiger partial charge in [0.15, 0.2) is 47.7 Å². The number of aliphatic hydroxyl groups excluding tert-OH is 8. The van der Waals surface area contributed by atoms with E-state index in [9.17, 15) is 89.4 Å². The summed E-state index contributed by atoms with van der Waals surface area (Å²) >= 11 is 0. The predicted octanol–water partition coefficient (Wildman–Crippen LogP) is 2.76. The van der Waals surface area contributed by atoms with Gasteiger partial charge in [-0.15, -0.1) is 12.3 Å². The molecule has 0 spiro atoms. The van der Waals surface area contributed by atoms with Gasteiger partial charge < -0.3 is 128 Å². The molecule has 0 radical (unpaired) electrons. The van der Waals surface area contributed by atoms with Crippen LogP contribution in [0, 0.1) is 12.3 Å². The fourth-order valence-corrected chi connectivity index (χ4v) is 13.3. The molecule has 2 unspecified atom stereocenters. The Morgan fingerprint density at radius 1 is 0.562 bits per heavy atom. The lowest BCUT2D eigenvalue weighted by Crippen LogP contribution is -2.61. The molecule has 112 heavy (non-hydrogen) atoms. The maximum Gasteiger partial charge on any atom is 0.416 e. The molecule has 0 bridgehead atoms. The van der Waals surface area contributed by atoms with Crippen LogP contribution in [0.4, 0.5) is 21.0 Å². The first-order chi connectivity index (χ1) is 53.1. The van der Waals surface area contributed by atoms with Crippen molar-refractivity contribution in [1.82, 2.24) is 20.4 Å². The molecule has 36 heteroatoms. The molecule has 2 saturated heterocycles. The highest BCUT2D eigenvalue weighted by molar-refractivity contribution is 6.08. The van der Waals surface area contributed by atoms with E-state index < -0.39 is 158 Å². The molecule has 606 valence electrons. The minimum Gasteiger partial charge on any atom is -0.493 e. The fourth-order valence-electron chi connectivity index (χ4n) is 13.3. The average molecular weight is 1570 g/mol. The van der Waals surface area contributed by atoms with Crippen LogP contribution in [0.25, 0.3) is 0 Å². The van der Waals surface area contributed by atoms with Crippen LogP contribution >= 0.6 is 0 Å². The van der Waals surface area contributed by atoms with Gasteiger partial charge in [0.05, 0.1) is 97.5 Å². The van der Waals surface area contributed by atoms with E-state index in [4.69, 9.17) is 63.3 Å². The van der Waals surface area contributed by atoms with E-state index in [1.54, 1.807) is 53.9 Å². The van der Waals surface area contributed by atoms with Crippen molar-refractivity contribution in [2.24, 2.45) is 0 Å². The van der Waals surface area contributed by atoms with E-state index >= 15 is 0 Å². The second-order valence-corrected chi connectivity index (χ2v) is 28.8. The van der Waals surface area contributed by atoms with Gasteiger partial charge in [-0.05, 0) is 121 Å². The summed E-state index contributed by atoms with van der Waals surface area (Å²) < 4.78 is 69.1. The molecular formula is C76H92N6O30. The van der Waals surface area contributed by atoms with Crippen LogP contribution in [-0.4, -0.2) is 260 Å². The number of hydrogen-bond donors (Lipinski definition) is 12. The van der Waals surface area contributed by atoms with Crippen molar-refractivity contribution in [2.75, 3.05) is 64.1 Å². The monoisotopic (exact) mass is 1570 g/mol. The van der Waals surface area contributed by atoms with Gasteiger partial charge in [-0.25, -0.2) is 29.0 Å². The maximum absolute atomic E-state index is 14.7. The number of benzene rings is 4. The SMILES string of the molecule is C#CCC(C)(C)OCC(C)(C)NC(=O)c1cc(COC(=O)N2c3cc(OCCCCCOc4cc5c(cc4OC)C(=O)N4C=C(C)C[C@H]4C(O)N5C(=O)OCc4ccc(O[C@@H]5O[C@H](C(=O)O)[C@@H](O)[C@H](O)[C@H]5O)c(C(=O)NCCOC)c4)c(OC)cc3C(=O)N3C=C(C)C[C@H]3C2O)ccc1O[C@@H]1O[C@H](C(=O)O)[C@@H](O)[C@H](O)[C@H]1O. The number of carboxylic acid groups (broad SMARTS) is 2. The number of carbonyl (C=O) groups is 8. The zero-order chi connectivity index (χ0) is 81.5. The van der Waals surface area contributed by atoms with Gasteiger partial charge in [-0.3, -0.25) is 19.2 Å². The second-order valence-electron chi connectivity index (χ2n) is 28.8. The first-order valence-corrected chi connectivity index (χ1v) is 35.7. The number of ether oxygens (including phenoxy) is 12. The van der Waals surface area contributed by atoms with Crippen molar-refractivity contribution in [3.63, 3.8) is 0 Å². The third-order valence-corrected chi connectivity index (χ3v) is 19.2. The largest absolute Gasteiger partial charge is 0.493 e. The van der Waals surface area contributed by atoms with Crippen LogP contribution in [0.15, 0.2) is 84.2 Å². The van der Waals surface area contributed by atoms with E-state index in [0.29, 0.717) is 30.4 Å². The number of nitrogens with one attached hydrogen (secondary N) is 2. The summed E-state index contributed by atoms with van der Waals surface area (Å²) in [5.74, 6) is -3.89. The third-order valence-electron chi connectivity index (χ3n) is 19.2. The molecule has 6 heterocycles. The molecule has 6 aliphatic rings. The van der Waals surface area contributed by atoms with Crippen molar-refractivity contribution < 1.29 is 146 Å². The van der Waals surface area contributed by atoms with E-state index in [0.717, 1.165) is 9.80 Å². The molecule has 14 atom stereocenters. The van der Waals surface area contributed by atoms with Crippen molar-refractivity contribution in [1.29, 1.82) is 0 Å². The Balaban J connectivity index is 0.835. The summed E-state index contributed by atoms with van der Waals surface area (Å²) in [4.78, 5) is 115. The standard InChI is InChI=1S/C76H92N6O30/c1-11-19-76(6,7)108-36-75(4,5)78-64(90)44-27-40(16-18-50(44)110-72-60(88)56(84)58(86)62(112-72)70(97)98)35-107-74(100)82-46-31-54(52(103-10)29-42(46)66(92)80-33-38(3)25-48(80)68(82)94)105-22-14-12-13-21-104-53-30-45-41(28-51(53)102-9)65(91)79-32-37(2)24-47(79)67(93)81(45)73(99)106-34-39-15-17-49(43(26-39)63(89)77-20-23-101-8)109-71-59(87)55(83)57(85)61(111-71)69(95)96/h1,15-18,26-33,47-48,55-62,67-68,71-72,83-88,93-94H,12-14,19-25,34-36H2,2-10H3,(H,77,89)(H,78,90)(H,95,96)(H,97,98)/t47-,48-,55-,56-,57-,58-,59+,60+,61-,62-,67?,68?,71+,72+/m0/s1. The van der Waals surface area contributed by atoms with Crippen LogP contribution in [-0.2, 0) is 51.2 Å². The molecule has 2 fully saturated rings. The predicted molar refractivity (Wildman–Crippen MR) is 387 cm³/mol. The number of aliphatic carboxylic acids is 2. The van der Waals surface area contributed by atoms with Crippen molar-refractivity contribution in [3.05, 3.63) is 118 Å². The zero-order valence-corrected chi connectivity index (χ0v) is 62.7. The first kappa shape index (κ1) is 84.1. The fraction of sp³-hybridized carbons (Fsp3) is 0.500.